The summed E-state index contributed by atoms with van der Waals surface area (Å²) >= 11 is 7.65. The Bertz CT molecular complexity index is 912. The Hall–Kier alpha value is -1.40. The molecule has 0 amide bonds. The van der Waals surface area contributed by atoms with Crippen molar-refractivity contribution in [2.24, 2.45) is 0 Å². The number of halogens is 3. The maximum atomic E-state index is 12.3. The van der Waals surface area contributed by atoms with Crippen molar-refractivity contribution < 1.29 is 4.79 Å². The molecule has 0 spiro atoms. The Labute approximate surface area is 205 Å². The van der Waals surface area contributed by atoms with E-state index in [0.29, 0.717) is 6.42 Å². The fourth-order valence-corrected chi connectivity index (χ4v) is 4.78. The Morgan fingerprint density at radius 2 is 1.52 bits per heavy atom. The van der Waals surface area contributed by atoms with E-state index < -0.39 is 0 Å². The average molecular weight is 498 g/mol. The smallest absolute Gasteiger partial charge is 0.174 e. The second kappa shape index (κ2) is 12.6. The van der Waals surface area contributed by atoms with Crippen LogP contribution in [0.2, 0.25) is 5.02 Å². The van der Waals surface area contributed by atoms with E-state index in [2.05, 4.69) is 52.3 Å². The lowest BCUT2D eigenvalue weighted by molar-refractivity contribution is 0.0896. The largest absolute Gasteiger partial charge is 0.300 e. The first-order valence-corrected chi connectivity index (χ1v) is 11.3. The first-order chi connectivity index (χ1) is 14.2. The Kier molecular flexibility index (Phi) is 10.5. The second-order valence-corrected chi connectivity index (χ2v) is 8.78. The Morgan fingerprint density at radius 1 is 0.871 bits per heavy atom. The molecule has 7 heteroatoms. The van der Waals surface area contributed by atoms with Gasteiger partial charge < -0.3 is 4.90 Å². The summed E-state index contributed by atoms with van der Waals surface area (Å²) in [4.78, 5) is 18.1. The number of piperazine rings is 1. The van der Waals surface area contributed by atoms with Crippen molar-refractivity contribution >= 4 is 53.5 Å². The SMILES string of the molecule is Cl.Cl.O=C(CCN1CCN(C(c2ccccc2)c2ccc(Cl)cc2)CC1)c1cccs1. The number of thiophene rings is 1. The van der Waals surface area contributed by atoms with Gasteiger partial charge in [0.25, 0.3) is 0 Å². The van der Waals surface area contributed by atoms with Crippen LogP contribution in [-0.2, 0) is 0 Å². The van der Waals surface area contributed by atoms with Crippen molar-refractivity contribution in [2.75, 3.05) is 32.7 Å². The van der Waals surface area contributed by atoms with Gasteiger partial charge in [-0.25, -0.2) is 0 Å². The third-order valence-electron chi connectivity index (χ3n) is 5.52. The monoisotopic (exact) mass is 496 g/mol. The minimum absolute atomic E-state index is 0. The van der Waals surface area contributed by atoms with E-state index in [0.717, 1.165) is 42.6 Å². The lowest BCUT2D eigenvalue weighted by Gasteiger charge is -2.39. The van der Waals surface area contributed by atoms with Gasteiger partial charge in [-0.15, -0.1) is 36.2 Å². The molecule has 166 valence electrons. The molecule has 0 N–H and O–H groups in total. The number of nitrogens with zero attached hydrogens (tertiary/aromatic N) is 2. The number of benzene rings is 2. The van der Waals surface area contributed by atoms with Crippen LogP contribution >= 0.6 is 47.8 Å². The number of rotatable bonds is 7. The molecule has 0 radical (unpaired) electrons. The topological polar surface area (TPSA) is 23.6 Å². The van der Waals surface area contributed by atoms with Crippen LogP contribution in [0.25, 0.3) is 0 Å². The summed E-state index contributed by atoms with van der Waals surface area (Å²) < 4.78 is 0. The predicted octanol–water partition coefficient (Wildman–Crippen LogP) is 6.23. The van der Waals surface area contributed by atoms with Crippen LogP contribution in [-0.4, -0.2) is 48.3 Å². The van der Waals surface area contributed by atoms with E-state index in [-0.39, 0.29) is 36.6 Å². The summed E-state index contributed by atoms with van der Waals surface area (Å²) in [5.41, 5.74) is 2.57. The van der Waals surface area contributed by atoms with Gasteiger partial charge in [-0.3, -0.25) is 9.69 Å². The van der Waals surface area contributed by atoms with Crippen LogP contribution in [0.4, 0.5) is 0 Å². The molecule has 3 aromatic rings. The zero-order chi connectivity index (χ0) is 20.1. The van der Waals surface area contributed by atoms with Gasteiger partial charge >= 0.3 is 0 Å². The molecule has 1 aliphatic heterocycles. The van der Waals surface area contributed by atoms with Gasteiger partial charge in [0.1, 0.15) is 0 Å². The third kappa shape index (κ3) is 6.79. The highest BCUT2D eigenvalue weighted by Gasteiger charge is 2.26. The zero-order valence-corrected chi connectivity index (χ0v) is 20.4. The van der Waals surface area contributed by atoms with Gasteiger partial charge in [-0.05, 0) is 34.7 Å². The molecule has 1 aliphatic rings. The minimum Gasteiger partial charge on any atom is -0.300 e. The molecule has 1 fully saturated rings. The van der Waals surface area contributed by atoms with Crippen LogP contribution in [0, 0.1) is 0 Å². The summed E-state index contributed by atoms with van der Waals surface area (Å²) in [5, 5.41) is 2.73. The van der Waals surface area contributed by atoms with Crippen molar-refractivity contribution in [3.63, 3.8) is 0 Å². The second-order valence-electron chi connectivity index (χ2n) is 7.39. The molecule has 31 heavy (non-hydrogen) atoms. The first-order valence-electron chi connectivity index (χ1n) is 10.0. The molecule has 1 saturated heterocycles. The van der Waals surface area contributed by atoms with Crippen molar-refractivity contribution in [1.82, 2.24) is 9.80 Å². The van der Waals surface area contributed by atoms with Gasteiger partial charge in [-0.2, -0.15) is 0 Å². The van der Waals surface area contributed by atoms with Crippen LogP contribution < -0.4 is 0 Å². The van der Waals surface area contributed by atoms with Crippen LogP contribution in [0.1, 0.15) is 33.3 Å². The predicted molar refractivity (Wildman–Crippen MR) is 136 cm³/mol. The quantitative estimate of drug-likeness (QED) is 0.362. The van der Waals surface area contributed by atoms with E-state index in [1.54, 1.807) is 0 Å². The zero-order valence-electron chi connectivity index (χ0n) is 17.2. The highest BCUT2D eigenvalue weighted by Crippen LogP contribution is 2.30. The first kappa shape index (κ1) is 25.9. The molecule has 0 saturated carbocycles. The highest BCUT2D eigenvalue weighted by molar-refractivity contribution is 7.12. The molecule has 2 heterocycles. The van der Waals surface area contributed by atoms with Gasteiger partial charge in [0.2, 0.25) is 0 Å². The number of hydrogen-bond donors (Lipinski definition) is 0. The summed E-state index contributed by atoms with van der Waals surface area (Å²) in [6.45, 7) is 4.76. The number of hydrogen-bond acceptors (Lipinski definition) is 4. The molecule has 1 unspecified atom stereocenters. The van der Waals surface area contributed by atoms with Crippen molar-refractivity contribution in [2.45, 2.75) is 12.5 Å². The number of carbonyl (C=O) groups excluding carboxylic acids is 1. The van der Waals surface area contributed by atoms with Gasteiger partial charge in [0.05, 0.1) is 10.9 Å². The molecule has 0 bridgehead atoms. The molecular formula is C24H27Cl3N2OS. The molecule has 0 aliphatic carbocycles. The minimum atomic E-state index is 0. The van der Waals surface area contributed by atoms with E-state index in [1.807, 2.05) is 29.6 Å². The summed E-state index contributed by atoms with van der Waals surface area (Å²) in [5.74, 6) is 0.255. The Balaban J connectivity index is 0.00000171. The maximum Gasteiger partial charge on any atom is 0.174 e. The van der Waals surface area contributed by atoms with E-state index in [1.165, 1.54) is 22.5 Å². The molecule has 1 atom stereocenters. The van der Waals surface area contributed by atoms with Gasteiger partial charge in [-0.1, -0.05) is 60.1 Å². The molecule has 3 nitrogen and oxygen atoms in total. The van der Waals surface area contributed by atoms with Crippen LogP contribution in [0.3, 0.4) is 0 Å². The molecule has 4 rings (SSSR count). The lowest BCUT2D eigenvalue weighted by Crippen LogP contribution is -2.48. The number of carbonyl (C=O) groups is 1. The summed E-state index contributed by atoms with van der Waals surface area (Å²) in [6.07, 6.45) is 0.597. The average Bonchev–Trinajstić information content (AvgIpc) is 3.30. The summed E-state index contributed by atoms with van der Waals surface area (Å²) in [6, 6.07) is 23.0. The molecule has 1 aromatic heterocycles. The normalized spacial score (nSPS) is 15.5. The Morgan fingerprint density at radius 3 is 2.13 bits per heavy atom. The van der Waals surface area contributed by atoms with Crippen molar-refractivity contribution in [1.29, 1.82) is 0 Å². The van der Waals surface area contributed by atoms with Crippen molar-refractivity contribution in [3.8, 4) is 0 Å². The molecular weight excluding hydrogens is 471 g/mol. The molecule has 2 aromatic carbocycles. The highest BCUT2D eigenvalue weighted by atomic mass is 35.5. The van der Waals surface area contributed by atoms with Gasteiger partial charge in [0.15, 0.2) is 5.78 Å². The van der Waals surface area contributed by atoms with Crippen LogP contribution in [0.5, 0.6) is 0 Å². The van der Waals surface area contributed by atoms with Gasteiger partial charge in [0, 0.05) is 44.2 Å². The van der Waals surface area contributed by atoms with E-state index in [9.17, 15) is 4.79 Å². The third-order valence-corrected chi connectivity index (χ3v) is 6.69. The lowest BCUT2D eigenvalue weighted by atomic mass is 9.96. The van der Waals surface area contributed by atoms with E-state index >= 15 is 0 Å². The number of Topliss-reactive ketones (excluding diaryl/α,β-unsaturated/α-hetero) is 1. The fourth-order valence-electron chi connectivity index (χ4n) is 3.96. The van der Waals surface area contributed by atoms with Crippen molar-refractivity contribution in [3.05, 3.63) is 93.1 Å². The standard InChI is InChI=1S/C24H25ClN2OS.2ClH/c25-21-10-8-20(9-11-21)24(19-5-2-1-3-6-19)27-16-14-26(15-17-27)13-12-22(28)23-7-4-18-29-23;;/h1-11,18,24H,12-17H2;2*1H. The van der Waals surface area contributed by atoms with E-state index in [4.69, 9.17) is 11.6 Å². The summed E-state index contributed by atoms with van der Waals surface area (Å²) in [7, 11) is 0. The maximum absolute atomic E-state index is 12.3. The number of ketones is 1. The van der Waals surface area contributed by atoms with Crippen LogP contribution in [0.15, 0.2) is 72.1 Å². The fraction of sp³-hybridized carbons (Fsp3) is 0.292.